The van der Waals surface area contributed by atoms with E-state index in [0.717, 1.165) is 62.9 Å². The van der Waals surface area contributed by atoms with E-state index in [0.29, 0.717) is 54.4 Å². The topological polar surface area (TPSA) is 86.1 Å². The minimum atomic E-state index is -0.464. The number of hydrogen-bond donors (Lipinski definition) is 0. The highest BCUT2D eigenvalue weighted by Crippen LogP contribution is 2.36. The van der Waals surface area contributed by atoms with E-state index in [9.17, 15) is 9.59 Å². The molecule has 3 fully saturated rings. The maximum atomic E-state index is 13.5. The van der Waals surface area contributed by atoms with Crippen LogP contribution in [0.2, 0.25) is 0 Å². The van der Waals surface area contributed by atoms with Gasteiger partial charge in [0.1, 0.15) is 24.3 Å². The number of likely N-dealkylation sites (tertiary alicyclic amines) is 2. The minimum Gasteiger partial charge on any atom is -0.489 e. The number of fused-ring (bicyclic) bond motifs is 1. The molecule has 0 spiro atoms. The lowest BCUT2D eigenvalue weighted by Crippen LogP contribution is -2.52. The van der Waals surface area contributed by atoms with Gasteiger partial charge in [0, 0.05) is 19.1 Å². The second-order valence-corrected chi connectivity index (χ2v) is 14.8. The molecule has 4 aromatic rings. The van der Waals surface area contributed by atoms with Gasteiger partial charge in [0.25, 0.3) is 5.56 Å². The molecule has 3 heterocycles. The van der Waals surface area contributed by atoms with Crippen molar-refractivity contribution in [2.24, 2.45) is 0 Å². The first-order valence-corrected chi connectivity index (χ1v) is 17.8. The molecule has 2 saturated heterocycles. The molecule has 0 radical (unpaired) electrons. The number of carbonyl (C=O) groups is 1. The van der Waals surface area contributed by atoms with Crippen LogP contribution in [-0.2, 0) is 16.1 Å². The van der Waals surface area contributed by atoms with Gasteiger partial charge in [-0.3, -0.25) is 9.36 Å². The zero-order valence-corrected chi connectivity index (χ0v) is 28.9. The Morgan fingerprint density at radius 3 is 2.27 bits per heavy atom. The summed E-state index contributed by atoms with van der Waals surface area (Å²) in [6.07, 6.45) is 8.18. The number of hydrogen-bond acceptors (Lipinski definition) is 7. The Kier molecular flexibility index (Phi) is 9.74. The number of aromatic nitrogens is 2. The van der Waals surface area contributed by atoms with Crippen molar-refractivity contribution >= 4 is 17.0 Å². The summed E-state index contributed by atoms with van der Waals surface area (Å²) in [4.78, 5) is 34.9. The number of ether oxygens (including phenoxy) is 3. The van der Waals surface area contributed by atoms with E-state index in [2.05, 4.69) is 22.0 Å². The van der Waals surface area contributed by atoms with Crippen molar-refractivity contribution in [2.45, 2.75) is 95.7 Å². The predicted octanol–water partition coefficient (Wildman–Crippen LogP) is 7.09. The van der Waals surface area contributed by atoms with E-state index >= 15 is 0 Å². The molecule has 0 N–H and O–H groups in total. The van der Waals surface area contributed by atoms with Crippen LogP contribution in [0, 0.1) is 0 Å². The van der Waals surface area contributed by atoms with Gasteiger partial charge in [0.05, 0.1) is 28.8 Å². The SMILES string of the molecule is CC(C)(C)OC(=O)N1CCC(O[C@H]2C[C@H](N3CCC(c4ccc(-n5cnc6ccc(OCc7ccccc7)cc6c5=O)cc4)CC3)C2)CC1. The third-order valence-electron chi connectivity index (χ3n) is 10.2. The Labute approximate surface area is 288 Å². The highest BCUT2D eigenvalue weighted by molar-refractivity contribution is 5.79. The summed E-state index contributed by atoms with van der Waals surface area (Å²) in [5, 5.41) is 0.539. The molecule has 2 aliphatic heterocycles. The summed E-state index contributed by atoms with van der Waals surface area (Å²) in [6, 6.07) is 24.5. The van der Waals surface area contributed by atoms with E-state index in [1.165, 1.54) is 5.56 Å². The number of rotatable bonds is 8. The Morgan fingerprint density at radius 1 is 0.857 bits per heavy atom. The Morgan fingerprint density at radius 2 is 1.57 bits per heavy atom. The largest absolute Gasteiger partial charge is 0.489 e. The van der Waals surface area contributed by atoms with E-state index in [1.54, 1.807) is 17.0 Å². The van der Waals surface area contributed by atoms with Crippen LogP contribution in [-0.4, -0.2) is 75.5 Å². The molecule has 0 bridgehead atoms. The summed E-state index contributed by atoms with van der Waals surface area (Å²) >= 11 is 0. The average molecular weight is 665 g/mol. The number of benzene rings is 3. The first-order chi connectivity index (χ1) is 23.7. The summed E-state index contributed by atoms with van der Waals surface area (Å²) in [7, 11) is 0. The number of nitrogens with zero attached hydrogens (tertiary/aromatic N) is 4. The van der Waals surface area contributed by atoms with Crippen LogP contribution >= 0.6 is 0 Å². The van der Waals surface area contributed by atoms with Gasteiger partial charge in [-0.1, -0.05) is 42.5 Å². The van der Waals surface area contributed by atoms with E-state index in [4.69, 9.17) is 14.2 Å². The predicted molar refractivity (Wildman–Crippen MR) is 190 cm³/mol. The summed E-state index contributed by atoms with van der Waals surface area (Å²) < 4.78 is 19.6. The first kappa shape index (κ1) is 33.3. The molecule has 0 unspecified atom stereocenters. The van der Waals surface area contributed by atoms with Crippen LogP contribution in [0.15, 0.2) is 83.9 Å². The monoisotopic (exact) mass is 664 g/mol. The van der Waals surface area contributed by atoms with Crippen LogP contribution in [0.5, 0.6) is 5.75 Å². The second kappa shape index (κ2) is 14.3. The molecule has 9 heteroatoms. The summed E-state index contributed by atoms with van der Waals surface area (Å²) in [5.74, 6) is 1.17. The second-order valence-electron chi connectivity index (χ2n) is 14.8. The summed E-state index contributed by atoms with van der Waals surface area (Å²) in [6.45, 7) is 9.75. The fourth-order valence-corrected chi connectivity index (χ4v) is 7.34. The number of amides is 1. The van der Waals surface area contributed by atoms with Gasteiger partial charge >= 0.3 is 6.09 Å². The fraction of sp³-hybridized carbons (Fsp3) is 0.475. The fourth-order valence-electron chi connectivity index (χ4n) is 7.34. The third-order valence-corrected chi connectivity index (χ3v) is 10.2. The molecule has 3 aliphatic rings. The van der Waals surface area contributed by atoms with Gasteiger partial charge in [-0.15, -0.1) is 0 Å². The first-order valence-electron chi connectivity index (χ1n) is 17.8. The van der Waals surface area contributed by atoms with Crippen molar-refractivity contribution in [1.29, 1.82) is 0 Å². The normalized spacial score (nSPS) is 21.0. The number of piperidine rings is 2. The molecular weight excluding hydrogens is 616 g/mol. The maximum absolute atomic E-state index is 13.5. The minimum absolute atomic E-state index is 0.106. The quantitative estimate of drug-likeness (QED) is 0.199. The highest BCUT2D eigenvalue weighted by Gasteiger charge is 2.38. The zero-order chi connectivity index (χ0) is 34.0. The van der Waals surface area contributed by atoms with E-state index in [1.807, 2.05) is 80.3 Å². The highest BCUT2D eigenvalue weighted by atomic mass is 16.6. The third kappa shape index (κ3) is 8.00. The van der Waals surface area contributed by atoms with Crippen molar-refractivity contribution < 1.29 is 19.0 Å². The lowest BCUT2D eigenvalue weighted by atomic mass is 9.83. The van der Waals surface area contributed by atoms with Crippen molar-refractivity contribution in [2.75, 3.05) is 26.2 Å². The molecule has 49 heavy (non-hydrogen) atoms. The average Bonchev–Trinajstić information content (AvgIpc) is 3.09. The van der Waals surface area contributed by atoms with Gasteiger partial charge in [-0.25, -0.2) is 9.78 Å². The standard InChI is InChI=1S/C40H48N4O5/c1-40(2,3)49-39(46)43-21-17-33(18-22-43)48-35-23-32(24-35)42-19-15-30(16-20-42)29-9-11-31(12-10-29)44-27-41-37-14-13-34(25-36(37)38(44)45)47-26-28-7-5-4-6-8-28/h4-14,25,27,30,32-33,35H,15-24,26H2,1-3H3/t32-,35-. The molecule has 7 rings (SSSR count). The lowest BCUT2D eigenvalue weighted by Gasteiger charge is -2.47. The van der Waals surface area contributed by atoms with Gasteiger partial charge in [0.15, 0.2) is 0 Å². The molecule has 258 valence electrons. The van der Waals surface area contributed by atoms with Gasteiger partial charge in [-0.05, 0) is 120 Å². The zero-order valence-electron chi connectivity index (χ0n) is 28.9. The molecule has 3 aromatic carbocycles. The molecule has 1 aliphatic carbocycles. The van der Waals surface area contributed by atoms with Crippen molar-refractivity contribution in [3.63, 3.8) is 0 Å². The number of carbonyl (C=O) groups excluding carboxylic acids is 1. The Bertz CT molecular complexity index is 1780. The lowest BCUT2D eigenvalue weighted by molar-refractivity contribution is -0.105. The molecule has 1 saturated carbocycles. The smallest absolute Gasteiger partial charge is 0.410 e. The van der Waals surface area contributed by atoms with Crippen LogP contribution in [0.25, 0.3) is 16.6 Å². The van der Waals surface area contributed by atoms with Crippen molar-refractivity contribution in [3.05, 3.63) is 101 Å². The van der Waals surface area contributed by atoms with E-state index < -0.39 is 5.60 Å². The van der Waals surface area contributed by atoms with Crippen molar-refractivity contribution in [1.82, 2.24) is 19.4 Å². The van der Waals surface area contributed by atoms with Crippen molar-refractivity contribution in [3.8, 4) is 11.4 Å². The molecule has 9 nitrogen and oxygen atoms in total. The molecule has 1 aromatic heterocycles. The molecular formula is C40H48N4O5. The van der Waals surface area contributed by atoms with E-state index in [-0.39, 0.29) is 17.8 Å². The maximum Gasteiger partial charge on any atom is 0.410 e. The molecule has 0 atom stereocenters. The van der Waals surface area contributed by atoms with Crippen LogP contribution in [0.1, 0.15) is 76.3 Å². The summed E-state index contributed by atoms with van der Waals surface area (Å²) in [5.41, 5.74) is 3.30. The Hall–Kier alpha value is -4.21. The van der Waals surface area contributed by atoms with Gasteiger partial charge in [-0.2, -0.15) is 0 Å². The van der Waals surface area contributed by atoms with Gasteiger partial charge in [0.2, 0.25) is 0 Å². The van der Waals surface area contributed by atoms with Crippen LogP contribution < -0.4 is 10.3 Å². The molecule has 1 amide bonds. The van der Waals surface area contributed by atoms with Crippen LogP contribution in [0.4, 0.5) is 4.79 Å². The van der Waals surface area contributed by atoms with Crippen LogP contribution in [0.3, 0.4) is 0 Å². The van der Waals surface area contributed by atoms with Gasteiger partial charge < -0.3 is 24.0 Å². The Balaban J connectivity index is 0.875.